The van der Waals surface area contributed by atoms with Gasteiger partial charge in [0.25, 0.3) is 5.91 Å². The molecule has 0 spiro atoms. The maximum Gasteiger partial charge on any atom is 0.339 e. The predicted octanol–water partition coefficient (Wildman–Crippen LogP) is 1.77. The molecule has 1 N–H and O–H groups in total. The van der Waals surface area contributed by atoms with E-state index in [2.05, 4.69) is 20.0 Å². The second-order valence-corrected chi connectivity index (χ2v) is 4.47. The first kappa shape index (κ1) is 13.7. The molecule has 3 aromatic heterocycles. The number of aromatic nitrogens is 3. The van der Waals surface area contributed by atoms with Crippen molar-refractivity contribution in [3.05, 3.63) is 60.2 Å². The highest BCUT2D eigenvalue weighted by molar-refractivity contribution is 6.02. The number of ether oxygens (including phenoxy) is 1. The second-order valence-electron chi connectivity index (χ2n) is 4.47. The summed E-state index contributed by atoms with van der Waals surface area (Å²) in [5.74, 6) is -0.526. The van der Waals surface area contributed by atoms with E-state index in [1.807, 2.05) is 18.3 Å². The van der Waals surface area contributed by atoms with Crippen molar-refractivity contribution in [1.29, 1.82) is 0 Å². The first-order valence-corrected chi connectivity index (χ1v) is 6.47. The third-order valence-corrected chi connectivity index (χ3v) is 3.02. The van der Waals surface area contributed by atoms with E-state index < -0.39 is 5.97 Å². The monoisotopic (exact) mass is 296 g/mol. The van der Waals surface area contributed by atoms with Gasteiger partial charge >= 0.3 is 5.97 Å². The maximum absolute atomic E-state index is 12.1. The van der Waals surface area contributed by atoms with Crippen molar-refractivity contribution in [2.45, 2.75) is 0 Å². The van der Waals surface area contributed by atoms with Crippen molar-refractivity contribution in [3.63, 3.8) is 0 Å². The summed E-state index contributed by atoms with van der Waals surface area (Å²) in [6, 6.07) is 8.55. The summed E-state index contributed by atoms with van der Waals surface area (Å²) in [5.41, 5.74) is 1.28. The molecule has 3 rings (SSSR count). The van der Waals surface area contributed by atoms with Crippen molar-refractivity contribution in [1.82, 2.24) is 14.4 Å². The van der Waals surface area contributed by atoms with Crippen LogP contribution in [0.15, 0.2) is 48.9 Å². The van der Waals surface area contributed by atoms with Crippen molar-refractivity contribution < 1.29 is 14.3 Å². The summed E-state index contributed by atoms with van der Waals surface area (Å²) in [6.07, 6.45) is 4.78. The van der Waals surface area contributed by atoms with Gasteiger partial charge in [0.15, 0.2) is 0 Å². The highest BCUT2D eigenvalue weighted by Gasteiger charge is 2.12. The summed E-state index contributed by atoms with van der Waals surface area (Å²) in [7, 11) is 1.29. The lowest BCUT2D eigenvalue weighted by molar-refractivity contribution is 0.0600. The molecular weight excluding hydrogens is 284 g/mol. The second kappa shape index (κ2) is 5.65. The summed E-state index contributed by atoms with van der Waals surface area (Å²) in [6.45, 7) is 0. The van der Waals surface area contributed by atoms with E-state index in [1.54, 1.807) is 16.7 Å². The van der Waals surface area contributed by atoms with Gasteiger partial charge in [0.1, 0.15) is 17.2 Å². The molecule has 0 saturated carbocycles. The average molecular weight is 296 g/mol. The molecule has 110 valence electrons. The van der Waals surface area contributed by atoms with Gasteiger partial charge in [-0.25, -0.2) is 14.8 Å². The fourth-order valence-corrected chi connectivity index (χ4v) is 1.93. The Bertz CT molecular complexity index is 806. The molecule has 7 heteroatoms. The number of nitrogens with zero attached hydrogens (tertiary/aromatic N) is 3. The highest BCUT2D eigenvalue weighted by atomic mass is 16.5. The van der Waals surface area contributed by atoms with Gasteiger partial charge in [0, 0.05) is 18.6 Å². The van der Waals surface area contributed by atoms with Gasteiger partial charge in [-0.05, 0) is 24.3 Å². The summed E-state index contributed by atoms with van der Waals surface area (Å²) < 4.78 is 6.33. The largest absolute Gasteiger partial charge is 0.465 e. The zero-order valence-corrected chi connectivity index (χ0v) is 11.7. The fourth-order valence-electron chi connectivity index (χ4n) is 1.93. The molecule has 0 bridgehead atoms. The van der Waals surface area contributed by atoms with Crippen molar-refractivity contribution in [2.24, 2.45) is 0 Å². The minimum absolute atomic E-state index is 0.282. The molecule has 7 nitrogen and oxygen atoms in total. The highest BCUT2D eigenvalue weighted by Crippen LogP contribution is 2.09. The number of anilines is 1. The van der Waals surface area contributed by atoms with E-state index in [0.717, 1.165) is 0 Å². The Hall–Kier alpha value is -3.22. The molecule has 0 aliphatic carbocycles. The van der Waals surface area contributed by atoms with Gasteiger partial charge in [-0.3, -0.25) is 4.79 Å². The Kier molecular flexibility index (Phi) is 3.53. The Morgan fingerprint density at radius 3 is 2.77 bits per heavy atom. The Morgan fingerprint density at radius 2 is 2.09 bits per heavy atom. The Labute approximate surface area is 125 Å². The molecule has 3 heterocycles. The number of methoxy groups -OCH3 is 1. The molecule has 0 aromatic carbocycles. The number of carbonyl (C=O) groups excluding carboxylic acids is 2. The van der Waals surface area contributed by atoms with Gasteiger partial charge in [0.05, 0.1) is 12.7 Å². The summed E-state index contributed by atoms with van der Waals surface area (Å²) >= 11 is 0. The maximum atomic E-state index is 12.1. The molecule has 1 amide bonds. The molecule has 0 saturated heterocycles. The van der Waals surface area contributed by atoms with Crippen molar-refractivity contribution in [3.8, 4) is 0 Å². The van der Waals surface area contributed by atoms with Crippen LogP contribution in [-0.4, -0.2) is 33.4 Å². The molecule has 3 aromatic rings. The first-order valence-electron chi connectivity index (χ1n) is 6.47. The van der Waals surface area contributed by atoms with E-state index in [0.29, 0.717) is 17.0 Å². The van der Waals surface area contributed by atoms with Crippen molar-refractivity contribution >= 4 is 23.3 Å². The Balaban J connectivity index is 1.77. The average Bonchev–Trinajstić information content (AvgIpc) is 2.99. The fraction of sp³-hybridized carbons (Fsp3) is 0.0667. The third kappa shape index (κ3) is 2.64. The van der Waals surface area contributed by atoms with Crippen LogP contribution in [0.25, 0.3) is 5.65 Å². The number of rotatable bonds is 3. The van der Waals surface area contributed by atoms with Gasteiger partial charge in [-0.1, -0.05) is 6.07 Å². The zero-order chi connectivity index (χ0) is 15.5. The van der Waals surface area contributed by atoms with Gasteiger partial charge in [-0.2, -0.15) is 0 Å². The van der Waals surface area contributed by atoms with Crippen LogP contribution in [0.3, 0.4) is 0 Å². The molecule has 0 unspecified atom stereocenters. The van der Waals surface area contributed by atoms with Crippen LogP contribution in [-0.2, 0) is 4.74 Å². The first-order chi connectivity index (χ1) is 10.7. The normalized spacial score (nSPS) is 10.4. The summed E-state index contributed by atoms with van der Waals surface area (Å²) in [5, 5.41) is 2.63. The number of pyridine rings is 2. The lowest BCUT2D eigenvalue weighted by atomic mass is 10.3. The van der Waals surface area contributed by atoms with Crippen LogP contribution in [0, 0.1) is 0 Å². The van der Waals surface area contributed by atoms with Gasteiger partial charge in [-0.15, -0.1) is 0 Å². The molecule has 22 heavy (non-hydrogen) atoms. The number of nitrogens with one attached hydrogen (secondary N) is 1. The van der Waals surface area contributed by atoms with Gasteiger partial charge in [0.2, 0.25) is 0 Å². The zero-order valence-electron chi connectivity index (χ0n) is 11.7. The molecule has 0 atom stereocenters. The van der Waals surface area contributed by atoms with E-state index in [1.165, 1.54) is 25.4 Å². The quantitative estimate of drug-likeness (QED) is 0.744. The van der Waals surface area contributed by atoms with E-state index in [4.69, 9.17) is 0 Å². The number of hydrogen-bond donors (Lipinski definition) is 1. The van der Waals surface area contributed by atoms with E-state index in [9.17, 15) is 9.59 Å². The van der Waals surface area contributed by atoms with Crippen molar-refractivity contribution in [2.75, 3.05) is 12.4 Å². The van der Waals surface area contributed by atoms with Gasteiger partial charge < -0.3 is 14.5 Å². The number of esters is 1. The number of imidazole rings is 1. The van der Waals surface area contributed by atoms with Crippen LogP contribution in [0.5, 0.6) is 0 Å². The van der Waals surface area contributed by atoms with Crippen LogP contribution in [0.4, 0.5) is 5.82 Å². The van der Waals surface area contributed by atoms with Crippen LogP contribution >= 0.6 is 0 Å². The number of carbonyl (C=O) groups is 2. The number of amides is 1. The van der Waals surface area contributed by atoms with E-state index in [-0.39, 0.29) is 11.6 Å². The smallest absolute Gasteiger partial charge is 0.339 e. The van der Waals surface area contributed by atoms with E-state index >= 15 is 0 Å². The molecular formula is C15H12N4O3. The van der Waals surface area contributed by atoms with Crippen LogP contribution in [0.1, 0.15) is 20.8 Å². The lowest BCUT2D eigenvalue weighted by Gasteiger charge is -2.03. The standard InChI is InChI=1S/C15H12N4O3/c1-22-15(21)10-5-6-12(16-8-10)18-14(20)11-9-19-7-3-2-4-13(19)17-11/h2-9H,1H3,(H,16,18,20). The molecule has 0 radical (unpaired) electrons. The SMILES string of the molecule is COC(=O)c1ccc(NC(=O)c2cn3ccccc3n2)nc1. The minimum Gasteiger partial charge on any atom is -0.465 e. The molecule has 0 fully saturated rings. The topological polar surface area (TPSA) is 85.6 Å². The van der Waals surface area contributed by atoms with Crippen LogP contribution in [0.2, 0.25) is 0 Å². The molecule has 0 aliphatic heterocycles. The number of hydrogen-bond acceptors (Lipinski definition) is 5. The van der Waals surface area contributed by atoms with Crippen LogP contribution < -0.4 is 5.32 Å². The summed E-state index contributed by atoms with van der Waals surface area (Å²) in [4.78, 5) is 31.7. The number of fused-ring (bicyclic) bond motifs is 1. The third-order valence-electron chi connectivity index (χ3n) is 3.02. The molecule has 0 aliphatic rings. The Morgan fingerprint density at radius 1 is 1.23 bits per heavy atom. The lowest BCUT2D eigenvalue weighted by Crippen LogP contribution is -2.13. The minimum atomic E-state index is -0.481. The predicted molar refractivity (Wildman–Crippen MR) is 78.7 cm³/mol.